The minimum atomic E-state index is -1.59. The topological polar surface area (TPSA) is 78.8 Å². The van der Waals surface area contributed by atoms with Crippen molar-refractivity contribution in [2.75, 3.05) is 11.9 Å². The highest BCUT2D eigenvalue weighted by molar-refractivity contribution is 5.87. The van der Waals surface area contributed by atoms with Gasteiger partial charge in [0.25, 0.3) is 0 Å². The Balaban J connectivity index is 2.08. The van der Waals surface area contributed by atoms with Crippen LogP contribution in [-0.2, 0) is 10.3 Å². The number of hydrogen-bond acceptors (Lipinski definition) is 4. The zero-order valence-corrected chi connectivity index (χ0v) is 10.8. The highest BCUT2D eigenvalue weighted by atomic mass is 19.1. The Morgan fingerprint density at radius 2 is 2.05 bits per heavy atom. The Bertz CT molecular complexity index is 719. The van der Waals surface area contributed by atoms with Gasteiger partial charge in [0.05, 0.1) is 5.69 Å². The van der Waals surface area contributed by atoms with Gasteiger partial charge in [0.1, 0.15) is 23.9 Å². The van der Waals surface area contributed by atoms with Crippen molar-refractivity contribution in [3.05, 3.63) is 53.8 Å². The van der Waals surface area contributed by atoms with Gasteiger partial charge >= 0.3 is 5.97 Å². The summed E-state index contributed by atoms with van der Waals surface area (Å²) in [5.74, 6) is -1.50. The summed E-state index contributed by atoms with van der Waals surface area (Å²) in [5, 5.41) is 21.8. The van der Waals surface area contributed by atoms with E-state index in [0.29, 0.717) is 5.56 Å². The Morgan fingerprint density at radius 1 is 1.29 bits per heavy atom. The summed E-state index contributed by atoms with van der Waals surface area (Å²) in [6, 6.07) is 9.99. The average molecular weight is 289 g/mol. The van der Waals surface area contributed by atoms with Crippen molar-refractivity contribution in [3.8, 4) is 11.5 Å². The van der Waals surface area contributed by atoms with Crippen LogP contribution in [0.2, 0.25) is 0 Å². The zero-order chi connectivity index (χ0) is 15.0. The van der Waals surface area contributed by atoms with E-state index in [2.05, 4.69) is 5.32 Å². The molecule has 1 aliphatic heterocycles. The summed E-state index contributed by atoms with van der Waals surface area (Å²) in [5.41, 5.74) is -1.17. The summed E-state index contributed by atoms with van der Waals surface area (Å²) in [7, 11) is 0. The lowest BCUT2D eigenvalue weighted by Crippen LogP contribution is -2.45. The van der Waals surface area contributed by atoms with E-state index in [1.54, 1.807) is 6.07 Å². The number of carboxylic acids is 1. The summed E-state index contributed by atoms with van der Waals surface area (Å²) in [6.07, 6.45) is 0. The molecule has 6 heteroatoms. The van der Waals surface area contributed by atoms with E-state index in [1.807, 2.05) is 0 Å². The summed E-state index contributed by atoms with van der Waals surface area (Å²) < 4.78 is 19.1. The largest absolute Gasteiger partial charge is 0.508 e. The molecular formula is C15H12FNO4. The van der Waals surface area contributed by atoms with Crippen LogP contribution in [-0.4, -0.2) is 22.8 Å². The van der Waals surface area contributed by atoms with E-state index in [0.717, 1.165) is 0 Å². The minimum Gasteiger partial charge on any atom is -0.508 e. The van der Waals surface area contributed by atoms with Gasteiger partial charge in [0.2, 0.25) is 0 Å². The minimum absolute atomic E-state index is 0.0270. The Hall–Kier alpha value is -2.76. The smallest absolute Gasteiger partial charge is 0.337 e. The van der Waals surface area contributed by atoms with E-state index in [4.69, 9.17) is 4.74 Å². The number of aromatic hydroxyl groups is 1. The maximum Gasteiger partial charge on any atom is 0.337 e. The van der Waals surface area contributed by atoms with Crippen molar-refractivity contribution >= 4 is 11.7 Å². The first-order valence-electron chi connectivity index (χ1n) is 6.25. The van der Waals surface area contributed by atoms with Crippen LogP contribution >= 0.6 is 0 Å². The number of phenols is 1. The molecule has 108 valence electrons. The van der Waals surface area contributed by atoms with Crippen molar-refractivity contribution < 1.29 is 24.1 Å². The number of anilines is 1. The molecule has 1 aliphatic rings. The number of carboxylic acid groups (broad SMARTS) is 1. The van der Waals surface area contributed by atoms with Crippen LogP contribution in [0.1, 0.15) is 5.56 Å². The maximum atomic E-state index is 13.8. The fourth-order valence-electron chi connectivity index (χ4n) is 2.37. The van der Waals surface area contributed by atoms with Crippen LogP contribution in [0.5, 0.6) is 11.5 Å². The van der Waals surface area contributed by atoms with E-state index >= 15 is 0 Å². The number of fused-ring (bicyclic) bond motifs is 1. The molecule has 1 unspecified atom stereocenters. The van der Waals surface area contributed by atoms with Crippen LogP contribution in [0, 0.1) is 5.82 Å². The Kier molecular flexibility index (Phi) is 2.94. The molecule has 0 saturated carbocycles. The molecule has 0 radical (unpaired) electrons. The van der Waals surface area contributed by atoms with Crippen molar-refractivity contribution in [2.24, 2.45) is 0 Å². The fourth-order valence-corrected chi connectivity index (χ4v) is 2.37. The Labute approximate surface area is 119 Å². The number of benzene rings is 2. The molecule has 5 nitrogen and oxygen atoms in total. The molecule has 0 amide bonds. The molecule has 0 aromatic heterocycles. The molecule has 0 aliphatic carbocycles. The normalized spacial score (nSPS) is 19.7. The van der Waals surface area contributed by atoms with E-state index in [1.165, 1.54) is 36.4 Å². The molecule has 2 aromatic rings. The molecule has 2 aromatic carbocycles. The number of halogens is 1. The van der Waals surface area contributed by atoms with E-state index < -0.39 is 17.3 Å². The lowest BCUT2D eigenvalue weighted by molar-refractivity contribution is -0.143. The number of hydrogen-bond donors (Lipinski definition) is 3. The zero-order valence-electron chi connectivity index (χ0n) is 10.8. The first-order chi connectivity index (χ1) is 10.0. The van der Waals surface area contributed by atoms with Crippen molar-refractivity contribution in [1.82, 2.24) is 0 Å². The van der Waals surface area contributed by atoms with Gasteiger partial charge in [-0.15, -0.1) is 0 Å². The second kappa shape index (κ2) is 4.66. The van der Waals surface area contributed by atoms with Crippen molar-refractivity contribution in [1.29, 1.82) is 0 Å². The number of rotatable bonds is 3. The molecule has 3 N–H and O–H groups in total. The van der Waals surface area contributed by atoms with Crippen LogP contribution < -0.4 is 10.1 Å². The molecule has 0 saturated heterocycles. The SMILES string of the molecule is O=C(O)C1(Nc2ccccc2F)COc2cc(O)ccc21. The maximum absolute atomic E-state index is 13.8. The quantitative estimate of drug-likeness (QED) is 0.808. The predicted molar refractivity (Wildman–Crippen MR) is 72.9 cm³/mol. The van der Waals surface area contributed by atoms with Crippen LogP contribution in [0.3, 0.4) is 0 Å². The third-order valence-corrected chi connectivity index (χ3v) is 3.46. The van der Waals surface area contributed by atoms with Gasteiger partial charge in [-0.25, -0.2) is 9.18 Å². The number of phenolic OH excluding ortho intramolecular Hbond substituents is 1. The number of para-hydroxylation sites is 1. The van der Waals surface area contributed by atoms with Crippen LogP contribution in [0.4, 0.5) is 10.1 Å². The van der Waals surface area contributed by atoms with Gasteiger partial charge in [0.15, 0.2) is 5.54 Å². The van der Waals surface area contributed by atoms with Gasteiger partial charge in [-0.05, 0) is 24.3 Å². The lowest BCUT2D eigenvalue weighted by atomic mass is 9.91. The molecule has 3 rings (SSSR count). The molecule has 0 bridgehead atoms. The van der Waals surface area contributed by atoms with E-state index in [9.17, 15) is 19.4 Å². The standard InChI is InChI=1S/C15H12FNO4/c16-11-3-1-2-4-12(11)17-15(14(19)20)8-21-13-7-9(18)5-6-10(13)15/h1-7,17-18H,8H2,(H,19,20). The number of ether oxygens (including phenoxy) is 1. The van der Waals surface area contributed by atoms with Gasteiger partial charge < -0.3 is 20.3 Å². The first kappa shape index (κ1) is 13.2. The average Bonchev–Trinajstić information content (AvgIpc) is 2.81. The third-order valence-electron chi connectivity index (χ3n) is 3.46. The Morgan fingerprint density at radius 3 is 2.76 bits per heavy atom. The first-order valence-corrected chi connectivity index (χ1v) is 6.25. The summed E-state index contributed by atoms with van der Waals surface area (Å²) in [6.45, 7) is -0.199. The van der Waals surface area contributed by atoms with Crippen LogP contribution in [0.25, 0.3) is 0 Å². The number of nitrogens with one attached hydrogen (secondary N) is 1. The summed E-state index contributed by atoms with van der Waals surface area (Å²) in [4.78, 5) is 11.8. The van der Waals surface area contributed by atoms with Gasteiger partial charge in [-0.2, -0.15) is 0 Å². The number of aliphatic carboxylic acids is 1. The fraction of sp³-hybridized carbons (Fsp3) is 0.133. The third kappa shape index (κ3) is 2.05. The molecule has 0 spiro atoms. The van der Waals surface area contributed by atoms with Gasteiger partial charge in [-0.1, -0.05) is 12.1 Å². The molecule has 1 atom stereocenters. The van der Waals surface area contributed by atoms with Gasteiger partial charge in [-0.3, -0.25) is 0 Å². The second-order valence-corrected chi connectivity index (χ2v) is 4.78. The highest BCUT2D eigenvalue weighted by Crippen LogP contribution is 2.41. The van der Waals surface area contributed by atoms with Crippen molar-refractivity contribution in [3.63, 3.8) is 0 Å². The summed E-state index contributed by atoms with van der Waals surface area (Å²) >= 11 is 0. The van der Waals surface area contributed by atoms with Crippen LogP contribution in [0.15, 0.2) is 42.5 Å². The molecular weight excluding hydrogens is 277 g/mol. The monoisotopic (exact) mass is 289 g/mol. The number of carbonyl (C=O) groups is 1. The second-order valence-electron chi connectivity index (χ2n) is 4.78. The predicted octanol–water partition coefficient (Wildman–Crippen LogP) is 2.32. The highest BCUT2D eigenvalue weighted by Gasteiger charge is 2.48. The van der Waals surface area contributed by atoms with E-state index in [-0.39, 0.29) is 23.8 Å². The van der Waals surface area contributed by atoms with Crippen molar-refractivity contribution in [2.45, 2.75) is 5.54 Å². The van der Waals surface area contributed by atoms with Gasteiger partial charge in [0, 0.05) is 11.6 Å². The molecule has 1 heterocycles. The molecule has 0 fully saturated rings. The lowest BCUT2D eigenvalue weighted by Gasteiger charge is -2.26. The molecule has 21 heavy (non-hydrogen) atoms.